The van der Waals surface area contributed by atoms with E-state index in [-0.39, 0.29) is 0 Å². The molecule has 0 aliphatic rings. The van der Waals surface area contributed by atoms with Crippen molar-refractivity contribution in [2.75, 3.05) is 66.1 Å². The summed E-state index contributed by atoms with van der Waals surface area (Å²) in [5.41, 5.74) is 0. The molecule has 0 rings (SSSR count). The predicted molar refractivity (Wildman–Crippen MR) is 88.5 cm³/mol. The molecule has 0 atom stereocenters. The normalized spacial score (nSPS) is 11.2. The highest BCUT2D eigenvalue weighted by Gasteiger charge is 1.93. The first-order chi connectivity index (χ1) is 10.9. The van der Waals surface area contributed by atoms with Crippen LogP contribution in [0.2, 0.25) is 0 Å². The van der Waals surface area contributed by atoms with Crippen LogP contribution in [0.4, 0.5) is 0 Å². The topological polar surface area (TPSA) is 46.2 Å². The van der Waals surface area contributed by atoms with E-state index in [1.165, 1.54) is 19.3 Å². The first-order valence-electron chi connectivity index (χ1n) is 8.80. The SMILES string of the molecule is CCCCCCOCCOCCOCCOCCOCCC. The Morgan fingerprint density at radius 1 is 0.364 bits per heavy atom. The van der Waals surface area contributed by atoms with Crippen LogP contribution in [0.3, 0.4) is 0 Å². The fourth-order valence-electron chi connectivity index (χ4n) is 1.76. The molecule has 0 fully saturated rings. The summed E-state index contributed by atoms with van der Waals surface area (Å²) in [6.45, 7) is 11.0. The second-order valence-corrected chi connectivity index (χ2v) is 5.12. The number of hydrogen-bond acceptors (Lipinski definition) is 5. The maximum atomic E-state index is 5.48. The van der Waals surface area contributed by atoms with Gasteiger partial charge in [0.15, 0.2) is 0 Å². The molecule has 0 aromatic carbocycles. The quantitative estimate of drug-likeness (QED) is 0.342. The fraction of sp³-hybridized carbons (Fsp3) is 1.00. The molecule has 0 saturated heterocycles. The molecule has 22 heavy (non-hydrogen) atoms. The van der Waals surface area contributed by atoms with Crippen LogP contribution in [-0.2, 0) is 23.7 Å². The smallest absolute Gasteiger partial charge is 0.0701 e. The van der Waals surface area contributed by atoms with E-state index < -0.39 is 0 Å². The zero-order chi connectivity index (χ0) is 16.1. The van der Waals surface area contributed by atoms with E-state index in [1.807, 2.05) is 0 Å². The summed E-state index contributed by atoms with van der Waals surface area (Å²) in [6.07, 6.45) is 6.03. The molecule has 0 amide bonds. The average Bonchev–Trinajstić information content (AvgIpc) is 2.54. The lowest BCUT2D eigenvalue weighted by Gasteiger charge is -2.07. The number of ether oxygens (including phenoxy) is 5. The summed E-state index contributed by atoms with van der Waals surface area (Å²) >= 11 is 0. The highest BCUT2D eigenvalue weighted by atomic mass is 16.6. The van der Waals surface area contributed by atoms with Gasteiger partial charge in [0.05, 0.1) is 52.9 Å². The molecule has 0 radical (unpaired) electrons. The van der Waals surface area contributed by atoms with Gasteiger partial charge in [0, 0.05) is 13.2 Å². The third kappa shape index (κ3) is 19.8. The molecule has 0 heterocycles. The summed E-state index contributed by atoms with van der Waals surface area (Å²) in [4.78, 5) is 0. The molecule has 0 aliphatic carbocycles. The maximum Gasteiger partial charge on any atom is 0.0701 e. The molecule has 0 saturated carbocycles. The summed E-state index contributed by atoms with van der Waals surface area (Å²) < 4.78 is 27.0. The monoisotopic (exact) mass is 320 g/mol. The van der Waals surface area contributed by atoms with Gasteiger partial charge in [0.1, 0.15) is 0 Å². The number of rotatable bonds is 19. The van der Waals surface area contributed by atoms with E-state index in [1.54, 1.807) is 0 Å². The van der Waals surface area contributed by atoms with E-state index >= 15 is 0 Å². The standard InChI is InChI=1S/C17H36O5/c1-3-5-6-7-9-19-11-13-21-15-17-22-16-14-20-12-10-18-8-4-2/h3-17H2,1-2H3. The molecular formula is C17H36O5. The largest absolute Gasteiger partial charge is 0.379 e. The average molecular weight is 320 g/mol. The summed E-state index contributed by atoms with van der Waals surface area (Å²) in [5, 5.41) is 0. The summed E-state index contributed by atoms with van der Waals surface area (Å²) in [5.74, 6) is 0. The Morgan fingerprint density at radius 3 is 1.18 bits per heavy atom. The minimum Gasteiger partial charge on any atom is -0.379 e. The van der Waals surface area contributed by atoms with Crippen LogP contribution in [0, 0.1) is 0 Å². The van der Waals surface area contributed by atoms with Crippen molar-refractivity contribution >= 4 is 0 Å². The third-order valence-electron chi connectivity index (χ3n) is 2.98. The van der Waals surface area contributed by atoms with Crippen molar-refractivity contribution in [3.8, 4) is 0 Å². The molecule has 5 heteroatoms. The Balaban J connectivity index is 2.91. The molecule has 0 aliphatic heterocycles. The van der Waals surface area contributed by atoms with Gasteiger partial charge in [0.2, 0.25) is 0 Å². The Morgan fingerprint density at radius 2 is 0.773 bits per heavy atom. The van der Waals surface area contributed by atoms with Gasteiger partial charge in [-0.05, 0) is 12.8 Å². The molecule has 0 N–H and O–H groups in total. The number of hydrogen-bond donors (Lipinski definition) is 0. The highest BCUT2D eigenvalue weighted by molar-refractivity contribution is 4.40. The van der Waals surface area contributed by atoms with E-state index in [0.29, 0.717) is 52.9 Å². The van der Waals surface area contributed by atoms with Gasteiger partial charge in [-0.3, -0.25) is 0 Å². The molecule has 0 aromatic heterocycles. The Bertz CT molecular complexity index is 170. The maximum absolute atomic E-state index is 5.48. The Hall–Kier alpha value is -0.200. The fourth-order valence-corrected chi connectivity index (χ4v) is 1.76. The molecule has 134 valence electrons. The van der Waals surface area contributed by atoms with E-state index in [4.69, 9.17) is 23.7 Å². The van der Waals surface area contributed by atoms with Crippen LogP contribution in [-0.4, -0.2) is 66.1 Å². The second kappa shape index (κ2) is 20.8. The molecule has 0 spiro atoms. The zero-order valence-electron chi connectivity index (χ0n) is 14.6. The zero-order valence-corrected chi connectivity index (χ0v) is 14.6. The van der Waals surface area contributed by atoms with Crippen molar-refractivity contribution in [3.63, 3.8) is 0 Å². The summed E-state index contributed by atoms with van der Waals surface area (Å²) in [7, 11) is 0. The van der Waals surface area contributed by atoms with Gasteiger partial charge in [-0.25, -0.2) is 0 Å². The van der Waals surface area contributed by atoms with Gasteiger partial charge in [-0.2, -0.15) is 0 Å². The van der Waals surface area contributed by atoms with Crippen LogP contribution in [0.1, 0.15) is 46.0 Å². The number of unbranched alkanes of at least 4 members (excludes halogenated alkanes) is 3. The van der Waals surface area contributed by atoms with Crippen LogP contribution >= 0.6 is 0 Å². The Labute approximate surface area is 136 Å². The van der Waals surface area contributed by atoms with E-state index in [0.717, 1.165) is 26.1 Å². The van der Waals surface area contributed by atoms with Crippen molar-refractivity contribution in [2.45, 2.75) is 46.0 Å². The van der Waals surface area contributed by atoms with Gasteiger partial charge in [-0.15, -0.1) is 0 Å². The third-order valence-corrected chi connectivity index (χ3v) is 2.98. The van der Waals surface area contributed by atoms with Crippen LogP contribution < -0.4 is 0 Å². The summed E-state index contributed by atoms with van der Waals surface area (Å²) in [6, 6.07) is 0. The molecule has 5 nitrogen and oxygen atoms in total. The predicted octanol–water partition coefficient (Wildman–Crippen LogP) is 3.06. The van der Waals surface area contributed by atoms with Gasteiger partial charge in [0.25, 0.3) is 0 Å². The molecule has 0 aromatic rings. The van der Waals surface area contributed by atoms with Crippen LogP contribution in [0.25, 0.3) is 0 Å². The van der Waals surface area contributed by atoms with Crippen molar-refractivity contribution < 1.29 is 23.7 Å². The van der Waals surface area contributed by atoms with Crippen LogP contribution in [0.5, 0.6) is 0 Å². The van der Waals surface area contributed by atoms with E-state index in [9.17, 15) is 0 Å². The lowest BCUT2D eigenvalue weighted by atomic mass is 10.2. The van der Waals surface area contributed by atoms with Gasteiger partial charge < -0.3 is 23.7 Å². The van der Waals surface area contributed by atoms with E-state index in [2.05, 4.69) is 13.8 Å². The van der Waals surface area contributed by atoms with Gasteiger partial charge in [-0.1, -0.05) is 33.1 Å². The van der Waals surface area contributed by atoms with Crippen molar-refractivity contribution in [3.05, 3.63) is 0 Å². The first-order valence-corrected chi connectivity index (χ1v) is 8.80. The second-order valence-electron chi connectivity index (χ2n) is 5.12. The molecule has 0 bridgehead atoms. The molecular weight excluding hydrogens is 284 g/mol. The van der Waals surface area contributed by atoms with Crippen LogP contribution in [0.15, 0.2) is 0 Å². The van der Waals surface area contributed by atoms with Crippen molar-refractivity contribution in [2.24, 2.45) is 0 Å². The lowest BCUT2D eigenvalue weighted by Crippen LogP contribution is -2.13. The minimum absolute atomic E-state index is 0.602. The Kier molecular flexibility index (Phi) is 20.6. The minimum atomic E-state index is 0.602. The lowest BCUT2D eigenvalue weighted by molar-refractivity contribution is -0.0111. The van der Waals surface area contributed by atoms with Gasteiger partial charge >= 0.3 is 0 Å². The van der Waals surface area contributed by atoms with Crippen molar-refractivity contribution in [1.82, 2.24) is 0 Å². The highest BCUT2D eigenvalue weighted by Crippen LogP contribution is 1.98. The molecule has 0 unspecified atom stereocenters. The van der Waals surface area contributed by atoms with Crippen molar-refractivity contribution in [1.29, 1.82) is 0 Å². The first kappa shape index (κ1) is 21.8.